The lowest BCUT2D eigenvalue weighted by atomic mass is 9.73. The predicted octanol–water partition coefficient (Wildman–Crippen LogP) is 3.46. The topological polar surface area (TPSA) is 74.7 Å². The zero-order valence-corrected chi connectivity index (χ0v) is 14.2. The Balaban J connectivity index is 1.61. The second-order valence-corrected chi connectivity index (χ2v) is 7.00. The maximum Gasteiger partial charge on any atom is 0.335 e. The molecule has 132 valence electrons. The summed E-state index contributed by atoms with van der Waals surface area (Å²) in [5, 5.41) is 9.16. The fraction of sp³-hybridized carbons (Fsp3) is 0.286. The van der Waals surface area contributed by atoms with Crippen LogP contribution in [-0.4, -0.2) is 22.9 Å². The number of rotatable bonds is 3. The number of carbonyl (C=O) groups excluding carboxylic acids is 2. The number of carboxylic acids is 1. The first kappa shape index (κ1) is 16.5. The molecule has 2 amide bonds. The summed E-state index contributed by atoms with van der Waals surface area (Å²) in [5.74, 6) is -1.82. The number of fused-ring (bicyclic) bond motifs is 1. The number of imide groups is 1. The van der Waals surface area contributed by atoms with E-state index in [9.17, 15) is 14.4 Å². The smallest absolute Gasteiger partial charge is 0.335 e. The summed E-state index contributed by atoms with van der Waals surface area (Å²) in [7, 11) is 0. The third-order valence-corrected chi connectivity index (χ3v) is 5.55. The highest BCUT2D eigenvalue weighted by molar-refractivity contribution is 6.22. The summed E-state index contributed by atoms with van der Waals surface area (Å²) in [5.41, 5.74) is 1.63. The van der Waals surface area contributed by atoms with E-state index in [0.29, 0.717) is 18.5 Å². The highest BCUT2D eigenvalue weighted by Crippen LogP contribution is 2.45. The summed E-state index contributed by atoms with van der Waals surface area (Å²) in [4.78, 5) is 38.2. The van der Waals surface area contributed by atoms with E-state index in [1.807, 2.05) is 18.2 Å². The third kappa shape index (κ3) is 2.69. The highest BCUT2D eigenvalue weighted by Gasteiger charge is 2.50. The zero-order valence-electron chi connectivity index (χ0n) is 14.2. The van der Waals surface area contributed by atoms with Crippen molar-refractivity contribution in [1.82, 2.24) is 0 Å². The summed E-state index contributed by atoms with van der Waals surface area (Å²) in [6, 6.07) is 16.1. The van der Waals surface area contributed by atoms with Crippen LogP contribution in [0.3, 0.4) is 0 Å². The molecule has 0 aromatic heterocycles. The van der Waals surface area contributed by atoms with Crippen LogP contribution in [0.1, 0.15) is 41.1 Å². The first-order chi connectivity index (χ1) is 12.6. The van der Waals surface area contributed by atoms with Gasteiger partial charge in [-0.05, 0) is 48.9 Å². The Kier molecular flexibility index (Phi) is 4.07. The minimum absolute atomic E-state index is 0.0696. The third-order valence-electron chi connectivity index (χ3n) is 5.55. The van der Waals surface area contributed by atoms with Crippen molar-refractivity contribution in [3.8, 4) is 0 Å². The van der Waals surface area contributed by atoms with Gasteiger partial charge >= 0.3 is 5.97 Å². The van der Waals surface area contributed by atoms with E-state index in [-0.39, 0.29) is 35.1 Å². The fourth-order valence-corrected chi connectivity index (χ4v) is 4.24. The lowest BCUT2D eigenvalue weighted by molar-refractivity contribution is -0.122. The Morgan fingerprint density at radius 1 is 0.923 bits per heavy atom. The molecule has 1 saturated carbocycles. The quantitative estimate of drug-likeness (QED) is 0.861. The van der Waals surface area contributed by atoms with Crippen molar-refractivity contribution in [3.05, 3.63) is 65.7 Å². The molecule has 0 unspecified atom stereocenters. The Morgan fingerprint density at radius 2 is 1.65 bits per heavy atom. The van der Waals surface area contributed by atoms with Crippen molar-refractivity contribution in [2.75, 3.05) is 4.90 Å². The van der Waals surface area contributed by atoms with Crippen molar-refractivity contribution in [3.63, 3.8) is 0 Å². The number of benzene rings is 2. The fourth-order valence-electron chi connectivity index (χ4n) is 4.24. The molecule has 0 bridgehead atoms. The van der Waals surface area contributed by atoms with Crippen LogP contribution in [0.15, 0.2) is 54.6 Å². The van der Waals surface area contributed by atoms with Crippen LogP contribution in [0.2, 0.25) is 0 Å². The van der Waals surface area contributed by atoms with Crippen molar-refractivity contribution in [2.45, 2.75) is 25.2 Å². The van der Waals surface area contributed by atoms with E-state index in [0.717, 1.165) is 6.42 Å². The summed E-state index contributed by atoms with van der Waals surface area (Å²) >= 11 is 0. The van der Waals surface area contributed by atoms with Gasteiger partial charge in [0.1, 0.15) is 0 Å². The second-order valence-electron chi connectivity index (χ2n) is 7.00. The number of nitrogens with zero attached hydrogens (tertiary/aromatic N) is 1. The number of hydrogen-bond acceptors (Lipinski definition) is 3. The van der Waals surface area contributed by atoms with Gasteiger partial charge in [0.15, 0.2) is 0 Å². The molecule has 1 aliphatic heterocycles. The first-order valence-electron chi connectivity index (χ1n) is 8.82. The van der Waals surface area contributed by atoms with Crippen LogP contribution in [-0.2, 0) is 9.59 Å². The molecular formula is C21H19NO4. The number of aromatic carboxylic acids is 1. The molecular weight excluding hydrogens is 330 g/mol. The largest absolute Gasteiger partial charge is 0.478 e. The minimum Gasteiger partial charge on any atom is -0.478 e. The molecule has 1 saturated heterocycles. The van der Waals surface area contributed by atoms with Crippen LogP contribution in [0, 0.1) is 11.8 Å². The normalized spacial score (nSPS) is 25.2. The van der Waals surface area contributed by atoms with Crippen LogP contribution in [0.25, 0.3) is 0 Å². The predicted molar refractivity (Wildman–Crippen MR) is 95.9 cm³/mol. The van der Waals surface area contributed by atoms with Crippen molar-refractivity contribution in [2.24, 2.45) is 11.8 Å². The molecule has 2 aliphatic rings. The monoisotopic (exact) mass is 349 g/mol. The lowest BCUT2D eigenvalue weighted by Gasteiger charge is -2.28. The number of hydrogen-bond donors (Lipinski definition) is 1. The molecule has 3 atom stereocenters. The van der Waals surface area contributed by atoms with Gasteiger partial charge in [0.2, 0.25) is 11.8 Å². The van der Waals surface area contributed by atoms with Crippen LogP contribution >= 0.6 is 0 Å². The molecule has 2 aromatic carbocycles. The van der Waals surface area contributed by atoms with E-state index in [4.69, 9.17) is 5.11 Å². The second kappa shape index (κ2) is 6.41. The Bertz CT molecular complexity index is 877. The lowest BCUT2D eigenvalue weighted by Crippen LogP contribution is -2.31. The van der Waals surface area contributed by atoms with Gasteiger partial charge in [0.05, 0.1) is 23.1 Å². The zero-order chi connectivity index (χ0) is 18.3. The molecule has 5 nitrogen and oxygen atoms in total. The average Bonchev–Trinajstić information content (AvgIpc) is 2.92. The Morgan fingerprint density at radius 3 is 2.38 bits per heavy atom. The Labute approximate surface area is 151 Å². The SMILES string of the molecule is O=C(O)c1cccc(N2C(=O)[C@H]3C[C@H](c4ccccc4)CC[C@H]3C2=O)c1. The molecule has 2 fully saturated rings. The summed E-state index contributed by atoms with van der Waals surface area (Å²) in [6.45, 7) is 0. The first-order valence-corrected chi connectivity index (χ1v) is 8.82. The minimum atomic E-state index is -1.08. The average molecular weight is 349 g/mol. The van der Waals surface area contributed by atoms with Crippen molar-refractivity contribution in [1.29, 1.82) is 0 Å². The molecule has 1 N–H and O–H groups in total. The molecule has 5 heteroatoms. The number of carbonyl (C=O) groups is 3. The van der Waals surface area contributed by atoms with Crippen molar-refractivity contribution >= 4 is 23.5 Å². The van der Waals surface area contributed by atoms with Gasteiger partial charge in [-0.2, -0.15) is 0 Å². The molecule has 4 rings (SSSR count). The van der Waals surface area contributed by atoms with Gasteiger partial charge in [-0.15, -0.1) is 0 Å². The molecule has 0 radical (unpaired) electrons. The van der Waals surface area contributed by atoms with Crippen LogP contribution in [0.4, 0.5) is 5.69 Å². The standard InChI is InChI=1S/C21H19NO4/c23-19-17-10-9-14(13-5-2-1-3-6-13)12-18(17)20(24)22(19)16-8-4-7-15(11-16)21(25)26/h1-8,11,14,17-18H,9-10,12H2,(H,25,26)/t14-,17-,18+/m1/s1. The number of carboxylic acid groups (broad SMARTS) is 1. The van der Waals surface area contributed by atoms with Crippen LogP contribution < -0.4 is 4.90 Å². The van der Waals surface area contributed by atoms with Crippen LogP contribution in [0.5, 0.6) is 0 Å². The molecule has 1 aliphatic carbocycles. The van der Waals surface area contributed by atoms with Gasteiger partial charge in [0, 0.05) is 0 Å². The molecule has 26 heavy (non-hydrogen) atoms. The van der Waals surface area contributed by atoms with Crippen molar-refractivity contribution < 1.29 is 19.5 Å². The number of amides is 2. The van der Waals surface area contributed by atoms with Gasteiger partial charge < -0.3 is 5.11 Å². The summed E-state index contributed by atoms with van der Waals surface area (Å²) in [6.07, 6.45) is 2.23. The van der Waals surface area contributed by atoms with Gasteiger partial charge in [0.25, 0.3) is 0 Å². The van der Waals surface area contributed by atoms with Gasteiger partial charge in [-0.1, -0.05) is 36.4 Å². The highest BCUT2D eigenvalue weighted by atomic mass is 16.4. The maximum absolute atomic E-state index is 13.0. The van der Waals surface area contributed by atoms with E-state index in [1.165, 1.54) is 22.6 Å². The number of anilines is 1. The molecule has 0 spiro atoms. The molecule has 2 aromatic rings. The molecule has 1 heterocycles. The van der Waals surface area contributed by atoms with E-state index in [2.05, 4.69) is 12.1 Å². The van der Waals surface area contributed by atoms with Gasteiger partial charge in [-0.25, -0.2) is 4.79 Å². The van der Waals surface area contributed by atoms with E-state index >= 15 is 0 Å². The Hall–Kier alpha value is -2.95. The summed E-state index contributed by atoms with van der Waals surface area (Å²) < 4.78 is 0. The van der Waals surface area contributed by atoms with Gasteiger partial charge in [-0.3, -0.25) is 14.5 Å². The van der Waals surface area contributed by atoms with E-state index in [1.54, 1.807) is 12.1 Å². The maximum atomic E-state index is 13.0. The van der Waals surface area contributed by atoms with E-state index < -0.39 is 5.97 Å².